The van der Waals surface area contributed by atoms with Gasteiger partial charge in [-0.3, -0.25) is 24.1 Å². The van der Waals surface area contributed by atoms with Crippen LogP contribution < -0.4 is 5.32 Å². The Morgan fingerprint density at radius 1 is 1.00 bits per heavy atom. The number of hydrogen-bond donors (Lipinski definition) is 1. The van der Waals surface area contributed by atoms with Crippen molar-refractivity contribution in [3.8, 4) is 0 Å². The van der Waals surface area contributed by atoms with Gasteiger partial charge in [-0.05, 0) is 25.0 Å². The monoisotopic (exact) mass is 453 g/mol. The van der Waals surface area contributed by atoms with Gasteiger partial charge in [0.25, 0.3) is 5.91 Å². The summed E-state index contributed by atoms with van der Waals surface area (Å²) in [5.74, 6) is -1.39. The molecule has 174 valence electrons. The molecule has 33 heavy (non-hydrogen) atoms. The number of benzene rings is 1. The standard InChI is InChI=1S/C24H27N3O6/c28-19(9-10-27-22(29)15-5-1-2-6-16(15)23(27)30)25-20-17-7-3-4-8-18(17)33-21(20)24(31)26-11-13-32-14-12-26/h3-4,7-8,15-16H,1-2,5-6,9-14H2,(H,25,28). The zero-order valence-electron chi connectivity index (χ0n) is 18.4. The number of anilines is 1. The number of amides is 4. The van der Waals surface area contributed by atoms with Gasteiger partial charge in [-0.15, -0.1) is 0 Å². The lowest BCUT2D eigenvalue weighted by Gasteiger charge is -2.26. The summed E-state index contributed by atoms with van der Waals surface area (Å²) < 4.78 is 11.1. The summed E-state index contributed by atoms with van der Waals surface area (Å²) in [4.78, 5) is 54.2. The van der Waals surface area contributed by atoms with Crippen molar-refractivity contribution < 1.29 is 28.3 Å². The van der Waals surface area contributed by atoms with Gasteiger partial charge >= 0.3 is 0 Å². The Morgan fingerprint density at radius 3 is 2.36 bits per heavy atom. The molecule has 2 atom stereocenters. The van der Waals surface area contributed by atoms with E-state index in [0.29, 0.717) is 43.0 Å². The number of nitrogens with one attached hydrogen (secondary N) is 1. The summed E-state index contributed by atoms with van der Waals surface area (Å²) in [6.07, 6.45) is 3.36. The van der Waals surface area contributed by atoms with Crippen LogP contribution in [0.15, 0.2) is 28.7 Å². The molecule has 3 heterocycles. The topological polar surface area (TPSA) is 109 Å². The Bertz CT molecular complexity index is 1080. The normalized spacial score (nSPS) is 23.2. The number of hydrogen-bond acceptors (Lipinski definition) is 6. The minimum atomic E-state index is -0.381. The average Bonchev–Trinajstić information content (AvgIpc) is 3.33. The molecule has 2 aliphatic heterocycles. The van der Waals surface area contributed by atoms with E-state index in [1.165, 1.54) is 4.90 Å². The van der Waals surface area contributed by atoms with Gasteiger partial charge in [0, 0.05) is 31.4 Å². The van der Waals surface area contributed by atoms with Crippen LogP contribution in [-0.2, 0) is 19.1 Å². The molecule has 2 unspecified atom stereocenters. The fourth-order valence-electron chi connectivity index (χ4n) is 5.10. The fraction of sp³-hybridized carbons (Fsp3) is 0.500. The van der Waals surface area contributed by atoms with E-state index in [4.69, 9.17) is 9.15 Å². The summed E-state index contributed by atoms with van der Waals surface area (Å²) in [6, 6.07) is 7.12. The summed E-state index contributed by atoms with van der Waals surface area (Å²) in [5, 5.41) is 3.44. The maximum Gasteiger partial charge on any atom is 0.291 e. The molecule has 1 aliphatic carbocycles. The second kappa shape index (κ2) is 8.97. The largest absolute Gasteiger partial charge is 0.449 e. The van der Waals surface area contributed by atoms with Crippen molar-refractivity contribution in [2.45, 2.75) is 32.1 Å². The third-order valence-corrected chi connectivity index (χ3v) is 6.85. The van der Waals surface area contributed by atoms with Crippen molar-refractivity contribution in [3.05, 3.63) is 30.0 Å². The zero-order chi connectivity index (χ0) is 22.9. The number of fused-ring (bicyclic) bond motifs is 2. The van der Waals surface area contributed by atoms with Crippen LogP contribution in [0.5, 0.6) is 0 Å². The number of morpholine rings is 1. The molecule has 0 bridgehead atoms. The Morgan fingerprint density at radius 2 is 1.67 bits per heavy atom. The van der Waals surface area contributed by atoms with Crippen LogP contribution >= 0.6 is 0 Å². The molecular formula is C24H27N3O6. The smallest absolute Gasteiger partial charge is 0.291 e. The third kappa shape index (κ3) is 4.01. The number of imide groups is 1. The van der Waals surface area contributed by atoms with Crippen LogP contribution in [0.25, 0.3) is 11.0 Å². The van der Waals surface area contributed by atoms with Gasteiger partial charge in [0.15, 0.2) is 0 Å². The number of nitrogens with zero attached hydrogens (tertiary/aromatic N) is 2. The molecule has 1 saturated carbocycles. The molecule has 3 aliphatic rings. The Hall–Kier alpha value is -3.20. The molecule has 1 N–H and O–H groups in total. The van der Waals surface area contributed by atoms with E-state index in [1.54, 1.807) is 29.2 Å². The van der Waals surface area contributed by atoms with Crippen LogP contribution in [0.1, 0.15) is 42.7 Å². The predicted octanol–water partition coefficient (Wildman–Crippen LogP) is 2.41. The second-order valence-electron chi connectivity index (χ2n) is 8.83. The molecule has 0 spiro atoms. The lowest BCUT2D eigenvalue weighted by atomic mass is 9.81. The van der Waals surface area contributed by atoms with Crippen molar-refractivity contribution in [2.24, 2.45) is 11.8 Å². The summed E-state index contributed by atoms with van der Waals surface area (Å²) in [5.41, 5.74) is 0.818. The second-order valence-corrected chi connectivity index (χ2v) is 8.83. The van der Waals surface area contributed by atoms with Crippen molar-refractivity contribution in [1.82, 2.24) is 9.80 Å². The molecule has 3 fully saturated rings. The van der Waals surface area contributed by atoms with E-state index in [0.717, 1.165) is 25.7 Å². The van der Waals surface area contributed by atoms with Gasteiger partial charge in [-0.1, -0.05) is 25.0 Å². The lowest BCUT2D eigenvalue weighted by molar-refractivity contribution is -0.140. The van der Waals surface area contributed by atoms with Gasteiger partial charge in [0.05, 0.1) is 25.0 Å². The number of carbonyl (C=O) groups is 4. The van der Waals surface area contributed by atoms with Gasteiger partial charge in [-0.25, -0.2) is 0 Å². The Labute approximate surface area is 191 Å². The molecule has 1 aromatic heterocycles. The summed E-state index contributed by atoms with van der Waals surface area (Å²) in [6.45, 7) is 1.84. The van der Waals surface area contributed by atoms with Crippen LogP contribution in [-0.4, -0.2) is 66.3 Å². The maximum absolute atomic E-state index is 13.1. The molecule has 0 radical (unpaired) electrons. The van der Waals surface area contributed by atoms with Gasteiger partial charge in [-0.2, -0.15) is 0 Å². The van der Waals surface area contributed by atoms with Crippen LogP contribution in [0.4, 0.5) is 5.69 Å². The SMILES string of the molecule is O=C(CCN1C(=O)C2CCCCC2C1=O)Nc1c(C(=O)N2CCOCC2)oc2ccccc12. The first-order valence-electron chi connectivity index (χ1n) is 11.6. The number of ether oxygens (including phenoxy) is 1. The van der Waals surface area contributed by atoms with Crippen molar-refractivity contribution >= 4 is 40.3 Å². The van der Waals surface area contributed by atoms with E-state index < -0.39 is 0 Å². The van der Waals surface area contributed by atoms with Crippen molar-refractivity contribution in [1.29, 1.82) is 0 Å². The quantitative estimate of drug-likeness (QED) is 0.697. The van der Waals surface area contributed by atoms with Gasteiger partial charge in [0.2, 0.25) is 23.5 Å². The first-order chi connectivity index (χ1) is 16.0. The number of furan rings is 1. The average molecular weight is 453 g/mol. The van der Waals surface area contributed by atoms with E-state index in [9.17, 15) is 19.2 Å². The third-order valence-electron chi connectivity index (χ3n) is 6.85. The van der Waals surface area contributed by atoms with E-state index in [-0.39, 0.29) is 54.2 Å². The first-order valence-corrected chi connectivity index (χ1v) is 11.6. The van der Waals surface area contributed by atoms with Crippen molar-refractivity contribution in [3.63, 3.8) is 0 Å². The number of rotatable bonds is 5. The highest BCUT2D eigenvalue weighted by Crippen LogP contribution is 2.38. The maximum atomic E-state index is 13.1. The first kappa shape index (κ1) is 21.6. The van der Waals surface area contributed by atoms with Gasteiger partial charge in [0.1, 0.15) is 11.3 Å². The number of likely N-dealkylation sites (tertiary alicyclic amines) is 1. The van der Waals surface area contributed by atoms with Crippen LogP contribution in [0.2, 0.25) is 0 Å². The van der Waals surface area contributed by atoms with Crippen molar-refractivity contribution in [2.75, 3.05) is 38.2 Å². The zero-order valence-corrected chi connectivity index (χ0v) is 18.4. The summed E-state index contributed by atoms with van der Waals surface area (Å²) >= 11 is 0. The van der Waals surface area contributed by atoms with E-state index in [1.807, 2.05) is 0 Å². The summed E-state index contributed by atoms with van der Waals surface area (Å²) in [7, 11) is 0. The highest BCUT2D eigenvalue weighted by Gasteiger charge is 2.47. The van der Waals surface area contributed by atoms with Gasteiger partial charge < -0.3 is 19.4 Å². The minimum absolute atomic E-state index is 0.0401. The Kier molecular flexibility index (Phi) is 5.88. The fourth-order valence-corrected chi connectivity index (χ4v) is 5.10. The highest BCUT2D eigenvalue weighted by molar-refractivity contribution is 6.11. The number of para-hydroxylation sites is 1. The molecule has 9 nitrogen and oxygen atoms in total. The predicted molar refractivity (Wildman–Crippen MR) is 118 cm³/mol. The van der Waals surface area contributed by atoms with E-state index >= 15 is 0 Å². The minimum Gasteiger partial charge on any atom is -0.449 e. The molecule has 5 rings (SSSR count). The molecule has 2 aromatic rings. The van der Waals surface area contributed by atoms with Crippen LogP contribution in [0.3, 0.4) is 0 Å². The lowest BCUT2D eigenvalue weighted by Crippen LogP contribution is -2.40. The van der Waals surface area contributed by atoms with Crippen LogP contribution in [0, 0.1) is 11.8 Å². The Balaban J connectivity index is 1.31. The molecule has 9 heteroatoms. The molecule has 4 amide bonds. The molecule has 2 saturated heterocycles. The molecule has 1 aromatic carbocycles. The highest BCUT2D eigenvalue weighted by atomic mass is 16.5. The van der Waals surface area contributed by atoms with E-state index in [2.05, 4.69) is 5.32 Å². The number of carbonyl (C=O) groups excluding carboxylic acids is 4. The molecular weight excluding hydrogens is 426 g/mol.